The van der Waals surface area contributed by atoms with Crippen LogP contribution < -0.4 is 5.32 Å². The molecule has 2 aromatic rings. The summed E-state index contributed by atoms with van der Waals surface area (Å²) in [4.78, 5) is 13.2. The Bertz CT molecular complexity index is 636. The lowest BCUT2D eigenvalue weighted by atomic mass is 10.1. The Morgan fingerprint density at radius 1 is 1.17 bits per heavy atom. The minimum Gasteiger partial charge on any atom is -0.468 e. The van der Waals surface area contributed by atoms with E-state index in [1.54, 1.807) is 24.5 Å². The molecule has 0 spiro atoms. The number of likely N-dealkylation sites (tertiary alicyclic amines) is 1. The van der Waals surface area contributed by atoms with Crippen LogP contribution in [0, 0.1) is 10.1 Å². The third-order valence-corrected chi connectivity index (χ3v) is 4.29. The molecule has 0 amide bonds. The van der Waals surface area contributed by atoms with Crippen LogP contribution in [0.4, 0.5) is 11.4 Å². The fraction of sp³-hybridized carbons (Fsp3) is 0.412. The SMILES string of the molecule is O=[N+]([O-])c1ccccc1NCC(c1ccco1)N1CCCCC1. The first-order valence-electron chi connectivity index (χ1n) is 8.00. The maximum absolute atomic E-state index is 11.1. The van der Waals surface area contributed by atoms with Crippen LogP contribution in [0.1, 0.15) is 31.1 Å². The van der Waals surface area contributed by atoms with Crippen molar-refractivity contribution < 1.29 is 9.34 Å². The highest BCUT2D eigenvalue weighted by molar-refractivity contribution is 5.61. The molecule has 1 unspecified atom stereocenters. The average Bonchev–Trinajstić information content (AvgIpc) is 3.10. The van der Waals surface area contributed by atoms with Crippen molar-refractivity contribution in [3.8, 4) is 0 Å². The molecule has 1 fully saturated rings. The Labute approximate surface area is 135 Å². The van der Waals surface area contributed by atoms with Crippen LogP contribution in [-0.4, -0.2) is 29.5 Å². The van der Waals surface area contributed by atoms with Crippen molar-refractivity contribution in [2.45, 2.75) is 25.3 Å². The zero-order chi connectivity index (χ0) is 16.1. The van der Waals surface area contributed by atoms with Gasteiger partial charge in [-0.1, -0.05) is 18.6 Å². The fourth-order valence-corrected chi connectivity index (χ4v) is 3.11. The minimum absolute atomic E-state index is 0.0881. The summed E-state index contributed by atoms with van der Waals surface area (Å²) in [6, 6.07) is 10.7. The molecule has 6 nitrogen and oxygen atoms in total. The maximum atomic E-state index is 11.1. The lowest BCUT2D eigenvalue weighted by Gasteiger charge is -2.33. The number of para-hydroxylation sites is 2. The zero-order valence-electron chi connectivity index (χ0n) is 13.0. The highest BCUT2D eigenvalue weighted by atomic mass is 16.6. The van der Waals surface area contributed by atoms with Gasteiger partial charge in [-0.3, -0.25) is 15.0 Å². The number of hydrogen-bond donors (Lipinski definition) is 1. The van der Waals surface area contributed by atoms with Gasteiger partial charge in [-0.15, -0.1) is 0 Å². The second kappa shape index (κ2) is 7.28. The van der Waals surface area contributed by atoms with Crippen LogP contribution >= 0.6 is 0 Å². The molecule has 6 heteroatoms. The summed E-state index contributed by atoms with van der Waals surface area (Å²) in [5.41, 5.74) is 0.649. The Balaban J connectivity index is 1.75. The highest BCUT2D eigenvalue weighted by Gasteiger charge is 2.25. The lowest BCUT2D eigenvalue weighted by molar-refractivity contribution is -0.384. The number of piperidine rings is 1. The molecule has 122 valence electrons. The summed E-state index contributed by atoms with van der Waals surface area (Å²) in [6.45, 7) is 2.65. The van der Waals surface area contributed by atoms with Crippen LogP contribution in [-0.2, 0) is 0 Å². The number of hydrogen-bond acceptors (Lipinski definition) is 5. The minimum atomic E-state index is -0.356. The molecule has 1 aromatic carbocycles. The van der Waals surface area contributed by atoms with Gasteiger partial charge in [0, 0.05) is 12.6 Å². The Morgan fingerprint density at radius 3 is 2.65 bits per heavy atom. The first-order valence-corrected chi connectivity index (χ1v) is 8.00. The topological polar surface area (TPSA) is 71.5 Å². The van der Waals surface area contributed by atoms with Gasteiger partial charge < -0.3 is 9.73 Å². The van der Waals surface area contributed by atoms with Gasteiger partial charge in [0.25, 0.3) is 5.69 Å². The summed E-state index contributed by atoms with van der Waals surface area (Å²) in [5.74, 6) is 0.901. The number of nitrogens with zero attached hydrogens (tertiary/aromatic N) is 2. The average molecular weight is 315 g/mol. The molecule has 0 radical (unpaired) electrons. The van der Waals surface area contributed by atoms with Crippen molar-refractivity contribution in [3.05, 3.63) is 58.5 Å². The van der Waals surface area contributed by atoms with E-state index < -0.39 is 0 Å². The molecule has 0 saturated carbocycles. The Kier molecular flexibility index (Phi) is 4.92. The molecule has 1 aromatic heterocycles. The molecule has 0 aliphatic carbocycles. The van der Waals surface area contributed by atoms with Crippen molar-refractivity contribution in [1.29, 1.82) is 0 Å². The van der Waals surface area contributed by atoms with Gasteiger partial charge >= 0.3 is 0 Å². The molecule has 1 N–H and O–H groups in total. The summed E-state index contributed by atoms with van der Waals surface area (Å²) < 4.78 is 5.60. The third kappa shape index (κ3) is 3.71. The summed E-state index contributed by atoms with van der Waals surface area (Å²) in [7, 11) is 0. The van der Waals surface area contributed by atoms with Crippen molar-refractivity contribution in [1.82, 2.24) is 4.90 Å². The maximum Gasteiger partial charge on any atom is 0.292 e. The number of nitro groups is 1. The molecule has 23 heavy (non-hydrogen) atoms. The fourth-order valence-electron chi connectivity index (χ4n) is 3.11. The monoisotopic (exact) mass is 315 g/mol. The van der Waals surface area contributed by atoms with Crippen LogP contribution in [0.25, 0.3) is 0 Å². The van der Waals surface area contributed by atoms with Gasteiger partial charge in [-0.05, 0) is 44.1 Å². The predicted octanol–water partition coefficient (Wildman–Crippen LogP) is 3.83. The first kappa shape index (κ1) is 15.6. The van der Waals surface area contributed by atoms with Gasteiger partial charge in [0.1, 0.15) is 11.4 Å². The van der Waals surface area contributed by atoms with Gasteiger partial charge in [0.05, 0.1) is 17.2 Å². The second-order valence-corrected chi connectivity index (χ2v) is 5.78. The molecule has 1 atom stereocenters. The summed E-state index contributed by atoms with van der Waals surface area (Å²) in [6.07, 6.45) is 5.31. The number of nitro benzene ring substituents is 1. The smallest absolute Gasteiger partial charge is 0.292 e. The number of benzene rings is 1. The van der Waals surface area contributed by atoms with Crippen molar-refractivity contribution in [3.63, 3.8) is 0 Å². The van der Waals surface area contributed by atoms with E-state index in [1.165, 1.54) is 25.3 Å². The molecular weight excluding hydrogens is 294 g/mol. The predicted molar refractivity (Wildman–Crippen MR) is 88.5 cm³/mol. The van der Waals surface area contributed by atoms with Crippen LogP contribution in [0.15, 0.2) is 47.1 Å². The van der Waals surface area contributed by atoms with Crippen LogP contribution in [0.2, 0.25) is 0 Å². The molecule has 0 bridgehead atoms. The van der Waals surface area contributed by atoms with E-state index in [2.05, 4.69) is 10.2 Å². The largest absolute Gasteiger partial charge is 0.468 e. The zero-order valence-corrected chi connectivity index (χ0v) is 13.0. The van der Waals surface area contributed by atoms with E-state index in [1.807, 2.05) is 12.1 Å². The number of rotatable bonds is 6. The number of anilines is 1. The van der Waals surface area contributed by atoms with E-state index in [0.717, 1.165) is 18.8 Å². The Morgan fingerprint density at radius 2 is 1.96 bits per heavy atom. The number of furan rings is 1. The molecule has 1 saturated heterocycles. The van der Waals surface area contributed by atoms with Gasteiger partial charge in [-0.25, -0.2) is 0 Å². The molecular formula is C17H21N3O3. The summed E-state index contributed by atoms with van der Waals surface area (Å²) >= 11 is 0. The van der Waals surface area contributed by atoms with E-state index in [4.69, 9.17) is 4.42 Å². The molecule has 3 rings (SSSR count). The second-order valence-electron chi connectivity index (χ2n) is 5.78. The van der Waals surface area contributed by atoms with E-state index in [0.29, 0.717) is 12.2 Å². The van der Waals surface area contributed by atoms with Gasteiger partial charge in [0.15, 0.2) is 0 Å². The normalized spacial score (nSPS) is 16.9. The van der Waals surface area contributed by atoms with Crippen molar-refractivity contribution >= 4 is 11.4 Å². The van der Waals surface area contributed by atoms with E-state index >= 15 is 0 Å². The standard InChI is InChI=1S/C17H21N3O3/c21-20(22)15-8-3-2-7-14(15)18-13-16(17-9-6-12-23-17)19-10-4-1-5-11-19/h2-3,6-9,12,16,18H,1,4-5,10-11,13H2. The van der Waals surface area contributed by atoms with Crippen molar-refractivity contribution in [2.24, 2.45) is 0 Å². The van der Waals surface area contributed by atoms with Crippen molar-refractivity contribution in [2.75, 3.05) is 25.0 Å². The molecule has 1 aliphatic rings. The number of nitrogens with one attached hydrogen (secondary N) is 1. The van der Waals surface area contributed by atoms with E-state index in [-0.39, 0.29) is 16.7 Å². The lowest BCUT2D eigenvalue weighted by Crippen LogP contribution is -2.37. The van der Waals surface area contributed by atoms with Crippen LogP contribution in [0.3, 0.4) is 0 Å². The first-order chi connectivity index (χ1) is 11.3. The van der Waals surface area contributed by atoms with Gasteiger partial charge in [0.2, 0.25) is 0 Å². The highest BCUT2D eigenvalue weighted by Crippen LogP contribution is 2.28. The third-order valence-electron chi connectivity index (χ3n) is 4.29. The summed E-state index contributed by atoms with van der Waals surface area (Å²) in [5, 5.41) is 14.4. The quantitative estimate of drug-likeness (QED) is 0.648. The van der Waals surface area contributed by atoms with Crippen LogP contribution in [0.5, 0.6) is 0 Å². The molecule has 1 aliphatic heterocycles. The Hall–Kier alpha value is -2.34. The van der Waals surface area contributed by atoms with Gasteiger partial charge in [-0.2, -0.15) is 0 Å². The van der Waals surface area contributed by atoms with E-state index in [9.17, 15) is 10.1 Å². The molecule has 2 heterocycles.